The van der Waals surface area contributed by atoms with Crippen molar-refractivity contribution < 1.29 is 27.9 Å². The van der Waals surface area contributed by atoms with Gasteiger partial charge in [0.2, 0.25) is 11.8 Å². The Morgan fingerprint density at radius 1 is 1.08 bits per heavy atom. The van der Waals surface area contributed by atoms with Gasteiger partial charge in [0.25, 0.3) is 12.3 Å². The number of piperazine rings is 1. The normalized spacial score (nSPS) is 24.2. The molecule has 0 bridgehead atoms. The van der Waals surface area contributed by atoms with Crippen molar-refractivity contribution in [2.75, 3.05) is 59.0 Å². The molecule has 1 unspecified atom stereocenters. The van der Waals surface area contributed by atoms with Crippen LogP contribution in [0, 0.1) is 28.6 Å². The SMILES string of the molecule is Cn1c(=O)n(C2CCC(=O)NC2=O)c2cccc(C#CCN3CCN(C[C@H]4CC[C@H](N/C=C(/NC(=O)/C(C=N)=C5\N=C(N6CCOC(C)(C)C6)C=CN5)C(=N)C(F)F)CC4)CC3)c21. The molecule has 63 heavy (non-hydrogen) atoms. The fraction of sp³-hybridized carbons (Fsp3) is 0.523. The van der Waals surface area contributed by atoms with Gasteiger partial charge in [0.1, 0.15) is 23.4 Å². The number of hydrogen-bond acceptors (Lipinski definition) is 13. The predicted molar refractivity (Wildman–Crippen MR) is 234 cm³/mol. The van der Waals surface area contributed by atoms with Crippen LogP contribution >= 0.6 is 0 Å². The van der Waals surface area contributed by atoms with Crippen LogP contribution in [0.15, 0.2) is 63.6 Å². The summed E-state index contributed by atoms with van der Waals surface area (Å²) in [6.45, 7) is 10.6. The van der Waals surface area contributed by atoms with Crippen LogP contribution < -0.4 is 27.0 Å². The summed E-state index contributed by atoms with van der Waals surface area (Å²) in [7, 11) is 1.67. The quantitative estimate of drug-likeness (QED) is 0.0841. The molecule has 336 valence electrons. The Balaban J connectivity index is 0.886. The molecule has 3 amide bonds. The van der Waals surface area contributed by atoms with Gasteiger partial charge in [0.15, 0.2) is 0 Å². The molecule has 1 aliphatic carbocycles. The number of aromatic nitrogens is 2. The maximum absolute atomic E-state index is 13.8. The first-order chi connectivity index (χ1) is 30.2. The number of imide groups is 1. The maximum atomic E-state index is 13.8. The third kappa shape index (κ3) is 10.6. The molecule has 0 spiro atoms. The lowest BCUT2D eigenvalue weighted by Crippen LogP contribution is -2.50. The largest absolute Gasteiger partial charge is 0.386 e. The number of benzene rings is 1. The lowest BCUT2D eigenvalue weighted by molar-refractivity contribution is -0.135. The van der Waals surface area contributed by atoms with E-state index in [9.17, 15) is 28.0 Å². The molecule has 6 N–H and O–H groups in total. The topological polar surface area (TPSA) is 205 Å². The molecule has 1 saturated carbocycles. The molecule has 17 nitrogen and oxygen atoms in total. The average molecular weight is 871 g/mol. The van der Waals surface area contributed by atoms with Gasteiger partial charge in [0, 0.05) is 83.9 Å². The zero-order chi connectivity index (χ0) is 44.8. The van der Waals surface area contributed by atoms with E-state index >= 15 is 0 Å². The monoisotopic (exact) mass is 870 g/mol. The lowest BCUT2D eigenvalue weighted by Gasteiger charge is -2.39. The number of nitrogens with zero attached hydrogens (tertiary/aromatic N) is 6. The summed E-state index contributed by atoms with van der Waals surface area (Å²) in [5, 5.41) is 26.8. The minimum absolute atomic E-state index is 0.0195. The number of imidazole rings is 1. The summed E-state index contributed by atoms with van der Waals surface area (Å²) in [5.41, 5.74) is -0.339. The molecule has 0 radical (unpaired) electrons. The van der Waals surface area contributed by atoms with Crippen molar-refractivity contribution >= 4 is 46.5 Å². The summed E-state index contributed by atoms with van der Waals surface area (Å²) < 4.78 is 36.4. The van der Waals surface area contributed by atoms with Crippen LogP contribution in [0.5, 0.6) is 0 Å². The van der Waals surface area contributed by atoms with E-state index in [1.54, 1.807) is 25.4 Å². The Morgan fingerprint density at radius 2 is 1.83 bits per heavy atom. The van der Waals surface area contributed by atoms with Crippen molar-refractivity contribution in [2.45, 2.75) is 76.5 Å². The van der Waals surface area contributed by atoms with E-state index in [-0.39, 0.29) is 47.6 Å². The van der Waals surface area contributed by atoms with Gasteiger partial charge < -0.3 is 35.9 Å². The zero-order valence-corrected chi connectivity index (χ0v) is 35.9. The van der Waals surface area contributed by atoms with Gasteiger partial charge in [-0.25, -0.2) is 18.6 Å². The second-order valence-corrected chi connectivity index (χ2v) is 17.2. The number of aryl methyl sites for hydroxylation is 1. The zero-order valence-electron chi connectivity index (χ0n) is 35.9. The Hall–Kier alpha value is -5.97. The van der Waals surface area contributed by atoms with Crippen LogP contribution in [0.1, 0.15) is 64.0 Å². The number of carbonyl (C=O) groups excluding carboxylic acids is 3. The second-order valence-electron chi connectivity index (χ2n) is 17.2. The lowest BCUT2D eigenvalue weighted by atomic mass is 9.85. The smallest absolute Gasteiger partial charge is 0.329 e. The predicted octanol–water partition coefficient (Wildman–Crippen LogP) is 2.17. The number of morpholine rings is 1. The van der Waals surface area contributed by atoms with Crippen molar-refractivity contribution in [3.05, 3.63) is 69.8 Å². The van der Waals surface area contributed by atoms with Gasteiger partial charge in [-0.15, -0.1) is 0 Å². The van der Waals surface area contributed by atoms with E-state index in [4.69, 9.17) is 15.6 Å². The Bertz CT molecular complexity index is 2370. The molecule has 1 atom stereocenters. The number of piperidine rings is 1. The Kier molecular flexibility index (Phi) is 14.0. The van der Waals surface area contributed by atoms with Crippen molar-refractivity contribution in [3.8, 4) is 11.8 Å². The van der Waals surface area contributed by atoms with Crippen LogP contribution in [0.3, 0.4) is 0 Å². The molecule has 1 aromatic carbocycles. The number of rotatable bonds is 11. The van der Waals surface area contributed by atoms with Gasteiger partial charge in [-0.05, 0) is 70.1 Å². The molecule has 3 saturated heterocycles. The minimum atomic E-state index is -3.12. The van der Waals surface area contributed by atoms with Crippen LogP contribution in [-0.2, 0) is 26.2 Å². The summed E-state index contributed by atoms with van der Waals surface area (Å²) >= 11 is 0. The summed E-state index contributed by atoms with van der Waals surface area (Å²) in [6.07, 6.45) is 6.26. The van der Waals surface area contributed by atoms with Gasteiger partial charge in [-0.2, -0.15) is 0 Å². The molecule has 7 rings (SSSR count). The number of halogens is 2. The van der Waals surface area contributed by atoms with Crippen molar-refractivity contribution in [1.29, 1.82) is 10.8 Å². The highest BCUT2D eigenvalue weighted by Crippen LogP contribution is 2.27. The Labute approximate surface area is 364 Å². The number of nitrogens with one attached hydrogen (secondary N) is 6. The first-order valence-electron chi connectivity index (χ1n) is 21.5. The number of amides is 3. The number of hydrogen-bond donors (Lipinski definition) is 6. The molecule has 4 aliphatic heterocycles. The van der Waals surface area contributed by atoms with E-state index in [1.807, 2.05) is 30.9 Å². The molecular weight excluding hydrogens is 815 g/mol. The van der Waals surface area contributed by atoms with Crippen LogP contribution in [0.4, 0.5) is 8.78 Å². The van der Waals surface area contributed by atoms with Crippen LogP contribution in [0.25, 0.3) is 11.0 Å². The summed E-state index contributed by atoms with van der Waals surface area (Å²) in [6, 6.07) is 4.71. The van der Waals surface area contributed by atoms with E-state index in [0.717, 1.165) is 64.6 Å². The second kappa shape index (κ2) is 19.6. The van der Waals surface area contributed by atoms with Crippen molar-refractivity contribution in [1.82, 2.24) is 45.1 Å². The van der Waals surface area contributed by atoms with E-state index in [2.05, 4.69) is 47.9 Å². The molecule has 5 aliphatic rings. The van der Waals surface area contributed by atoms with Gasteiger partial charge >= 0.3 is 5.69 Å². The summed E-state index contributed by atoms with van der Waals surface area (Å²) in [4.78, 5) is 62.3. The van der Waals surface area contributed by atoms with Gasteiger partial charge in [0.05, 0.1) is 46.6 Å². The minimum Gasteiger partial charge on any atom is -0.386 e. The third-order valence-corrected chi connectivity index (χ3v) is 12.3. The molecule has 4 fully saturated rings. The van der Waals surface area contributed by atoms with Crippen molar-refractivity contribution in [2.24, 2.45) is 18.0 Å². The number of ether oxygens (including phenoxy) is 1. The van der Waals surface area contributed by atoms with E-state index in [0.29, 0.717) is 54.6 Å². The molecular formula is C44H56F2N12O5. The number of alkyl halides is 2. The molecule has 1 aromatic heterocycles. The highest BCUT2D eigenvalue weighted by molar-refractivity contribution is 6.15. The van der Waals surface area contributed by atoms with Crippen LogP contribution in [-0.4, -0.2) is 136 Å². The van der Waals surface area contributed by atoms with Gasteiger partial charge in [-0.3, -0.25) is 39.1 Å². The van der Waals surface area contributed by atoms with Crippen molar-refractivity contribution in [3.63, 3.8) is 0 Å². The summed E-state index contributed by atoms with van der Waals surface area (Å²) in [5.74, 6) is 6.04. The molecule has 2 aromatic rings. The molecule has 5 heterocycles. The van der Waals surface area contributed by atoms with Crippen LogP contribution in [0.2, 0.25) is 0 Å². The third-order valence-electron chi connectivity index (χ3n) is 12.3. The number of aliphatic imine (C=N–C) groups is 1. The van der Waals surface area contributed by atoms with Gasteiger partial charge in [-0.1, -0.05) is 17.9 Å². The fourth-order valence-electron chi connectivity index (χ4n) is 8.86. The first kappa shape index (κ1) is 45.1. The first-order valence-corrected chi connectivity index (χ1v) is 21.5. The number of amidine groups is 1. The number of carbonyl (C=O) groups is 3. The number of para-hydroxylation sites is 1. The standard InChI is InChI=1S/C44H56F2N12O5/c1-44(2)27-57(22-23-63-44)35-15-16-49-40(52-35)31(24-47)41(60)51-32(37(48)39(45)46)25-50-30-11-9-28(10-12-30)26-56-20-18-55(19-21-56)17-5-7-29-6-4-8-33-38(29)54(3)43(62)58(33)34-13-14-36(59)53-42(34)61/h4,6,8,15-16,24-25,28,30,34,39,47-50H,9-14,17-23,26-27H2,1-3H3,(H,51,60)(H,53,59,61)/b32-25+,40-31-,47-24?,48-37?/t28-,30-,34?. The number of allylic oxidation sites excluding steroid dienone is 1. The highest BCUT2D eigenvalue weighted by Gasteiger charge is 2.33. The fourth-order valence-corrected chi connectivity index (χ4v) is 8.86. The highest BCUT2D eigenvalue weighted by atomic mass is 19.3. The Morgan fingerprint density at radius 3 is 2.52 bits per heavy atom. The maximum Gasteiger partial charge on any atom is 0.329 e. The molecule has 19 heteroatoms. The number of fused-ring (bicyclic) bond motifs is 1. The van der Waals surface area contributed by atoms with E-state index in [1.165, 1.54) is 15.3 Å². The average Bonchev–Trinajstić information content (AvgIpc) is 3.52. The van der Waals surface area contributed by atoms with E-state index < -0.39 is 35.6 Å².